The van der Waals surface area contributed by atoms with Gasteiger partial charge in [0.1, 0.15) is 5.75 Å². The van der Waals surface area contributed by atoms with Gasteiger partial charge in [-0.05, 0) is 18.2 Å². The zero-order chi connectivity index (χ0) is 12.5. The molecule has 1 atom stereocenters. The molecule has 1 aliphatic rings. The van der Waals surface area contributed by atoms with Crippen molar-refractivity contribution in [3.8, 4) is 5.75 Å². The lowest BCUT2D eigenvalue weighted by Gasteiger charge is -2.26. The van der Waals surface area contributed by atoms with Crippen molar-refractivity contribution in [1.82, 2.24) is 0 Å². The maximum atomic E-state index is 12.0. The Morgan fingerprint density at radius 1 is 1.11 bits per heavy atom. The van der Waals surface area contributed by atoms with Crippen LogP contribution >= 0.6 is 15.9 Å². The van der Waals surface area contributed by atoms with Crippen LogP contribution in [0, 0.1) is 0 Å². The predicted octanol–water partition coefficient (Wildman–Crippen LogP) is 3.52. The van der Waals surface area contributed by atoms with Crippen molar-refractivity contribution in [1.29, 1.82) is 0 Å². The number of nitrogens with one attached hydrogen (secondary N) is 1. The first kappa shape index (κ1) is 11.3. The lowest BCUT2D eigenvalue weighted by atomic mass is 10.1. The molecule has 18 heavy (non-hydrogen) atoms. The molecular formula is C14H10BrNO2. The molecule has 2 aromatic carbocycles. The number of carbonyl (C=O) groups is 1. The van der Waals surface area contributed by atoms with Gasteiger partial charge in [-0.15, -0.1) is 0 Å². The van der Waals surface area contributed by atoms with E-state index in [1.165, 1.54) is 0 Å². The van der Waals surface area contributed by atoms with E-state index in [-0.39, 0.29) is 5.91 Å². The minimum atomic E-state index is -0.590. The summed E-state index contributed by atoms with van der Waals surface area (Å²) in [6.45, 7) is 0. The van der Waals surface area contributed by atoms with Gasteiger partial charge in [0.15, 0.2) is 0 Å². The van der Waals surface area contributed by atoms with Gasteiger partial charge in [0.25, 0.3) is 5.91 Å². The van der Waals surface area contributed by atoms with Gasteiger partial charge in [-0.2, -0.15) is 0 Å². The molecule has 0 radical (unpaired) electrons. The van der Waals surface area contributed by atoms with E-state index in [4.69, 9.17) is 4.74 Å². The number of anilines is 1. The fraction of sp³-hybridized carbons (Fsp3) is 0.0714. The molecule has 1 amide bonds. The van der Waals surface area contributed by atoms with Crippen molar-refractivity contribution in [3.63, 3.8) is 0 Å². The standard InChI is InChI=1S/C14H10BrNO2/c15-10-6-7-11-12(8-10)18-13(14(17)16-11)9-4-2-1-3-5-9/h1-8,13H,(H,16,17). The summed E-state index contributed by atoms with van der Waals surface area (Å²) in [7, 11) is 0. The van der Waals surface area contributed by atoms with Crippen LogP contribution < -0.4 is 10.1 Å². The van der Waals surface area contributed by atoms with Crippen molar-refractivity contribution < 1.29 is 9.53 Å². The van der Waals surface area contributed by atoms with Gasteiger partial charge in [0, 0.05) is 10.0 Å². The van der Waals surface area contributed by atoms with Crippen LogP contribution in [0.3, 0.4) is 0 Å². The smallest absolute Gasteiger partial charge is 0.270 e. The molecule has 2 aromatic rings. The van der Waals surface area contributed by atoms with Crippen LogP contribution in [0.15, 0.2) is 53.0 Å². The van der Waals surface area contributed by atoms with Gasteiger partial charge in [-0.1, -0.05) is 46.3 Å². The molecule has 4 heteroatoms. The molecule has 1 N–H and O–H groups in total. The van der Waals surface area contributed by atoms with E-state index in [1.807, 2.05) is 48.5 Å². The van der Waals surface area contributed by atoms with Gasteiger partial charge < -0.3 is 10.1 Å². The average Bonchev–Trinajstić information content (AvgIpc) is 2.39. The lowest BCUT2D eigenvalue weighted by Crippen LogP contribution is -2.30. The molecule has 0 aliphatic carbocycles. The first-order chi connectivity index (χ1) is 8.74. The molecule has 0 fully saturated rings. The number of hydrogen-bond donors (Lipinski definition) is 1. The van der Waals surface area contributed by atoms with Crippen molar-refractivity contribution in [2.24, 2.45) is 0 Å². The fourth-order valence-electron chi connectivity index (χ4n) is 1.92. The van der Waals surface area contributed by atoms with Gasteiger partial charge in [0.2, 0.25) is 6.10 Å². The van der Waals surface area contributed by atoms with E-state index in [2.05, 4.69) is 21.2 Å². The fourth-order valence-corrected chi connectivity index (χ4v) is 2.26. The van der Waals surface area contributed by atoms with Crippen LogP contribution in [0.5, 0.6) is 5.75 Å². The summed E-state index contributed by atoms with van der Waals surface area (Å²) in [6, 6.07) is 15.0. The molecule has 1 heterocycles. The van der Waals surface area contributed by atoms with Crippen molar-refractivity contribution in [2.45, 2.75) is 6.10 Å². The highest BCUT2D eigenvalue weighted by molar-refractivity contribution is 9.10. The molecule has 3 nitrogen and oxygen atoms in total. The first-order valence-electron chi connectivity index (χ1n) is 5.56. The molecule has 0 saturated heterocycles. The van der Waals surface area contributed by atoms with Gasteiger partial charge in [-0.3, -0.25) is 4.79 Å². The number of amides is 1. The highest BCUT2D eigenvalue weighted by Crippen LogP contribution is 2.36. The number of hydrogen-bond acceptors (Lipinski definition) is 2. The number of carbonyl (C=O) groups excluding carboxylic acids is 1. The highest BCUT2D eigenvalue weighted by Gasteiger charge is 2.28. The van der Waals surface area contributed by atoms with E-state index in [0.717, 1.165) is 10.0 Å². The third-order valence-electron chi connectivity index (χ3n) is 2.79. The zero-order valence-corrected chi connectivity index (χ0v) is 11.0. The number of rotatable bonds is 1. The Morgan fingerprint density at radius 2 is 1.89 bits per heavy atom. The SMILES string of the molecule is O=C1Nc2ccc(Br)cc2OC1c1ccccc1. The maximum absolute atomic E-state index is 12.0. The van der Waals surface area contributed by atoms with Crippen LogP contribution in [-0.2, 0) is 4.79 Å². The number of fused-ring (bicyclic) bond motifs is 1. The Balaban J connectivity index is 1.99. The molecule has 0 saturated carbocycles. The Bertz CT molecular complexity index is 598. The average molecular weight is 304 g/mol. The van der Waals surface area contributed by atoms with Crippen LogP contribution in [-0.4, -0.2) is 5.91 Å². The second-order valence-corrected chi connectivity index (χ2v) is 4.95. The van der Waals surface area contributed by atoms with Crippen LogP contribution in [0.2, 0.25) is 0 Å². The Kier molecular flexibility index (Phi) is 2.80. The molecule has 0 bridgehead atoms. The van der Waals surface area contributed by atoms with Gasteiger partial charge in [0.05, 0.1) is 5.69 Å². The Labute approximate surface area is 113 Å². The lowest BCUT2D eigenvalue weighted by molar-refractivity contribution is -0.123. The third kappa shape index (κ3) is 1.99. The van der Waals surface area contributed by atoms with E-state index in [0.29, 0.717) is 11.4 Å². The third-order valence-corrected chi connectivity index (χ3v) is 3.28. The van der Waals surface area contributed by atoms with E-state index >= 15 is 0 Å². The van der Waals surface area contributed by atoms with Crippen LogP contribution in [0.25, 0.3) is 0 Å². The summed E-state index contributed by atoms with van der Waals surface area (Å²) in [6.07, 6.45) is -0.590. The summed E-state index contributed by atoms with van der Waals surface area (Å²) in [5, 5.41) is 2.85. The molecule has 3 rings (SSSR count). The number of ether oxygens (including phenoxy) is 1. The second kappa shape index (κ2) is 4.46. The second-order valence-electron chi connectivity index (χ2n) is 4.04. The van der Waals surface area contributed by atoms with Gasteiger partial charge >= 0.3 is 0 Å². The van der Waals surface area contributed by atoms with Crippen molar-refractivity contribution in [2.75, 3.05) is 5.32 Å². The van der Waals surface area contributed by atoms with E-state index in [9.17, 15) is 4.79 Å². The molecular weight excluding hydrogens is 294 g/mol. The predicted molar refractivity (Wildman–Crippen MR) is 72.6 cm³/mol. The number of benzene rings is 2. The van der Waals surface area contributed by atoms with Crippen molar-refractivity contribution >= 4 is 27.5 Å². The summed E-state index contributed by atoms with van der Waals surface area (Å²) in [5.74, 6) is 0.536. The quantitative estimate of drug-likeness (QED) is 0.875. The van der Waals surface area contributed by atoms with Crippen LogP contribution in [0.1, 0.15) is 11.7 Å². The maximum Gasteiger partial charge on any atom is 0.270 e. The summed E-state index contributed by atoms with van der Waals surface area (Å²) in [4.78, 5) is 12.0. The molecule has 0 spiro atoms. The number of halogens is 1. The minimum absolute atomic E-state index is 0.143. The first-order valence-corrected chi connectivity index (χ1v) is 6.35. The van der Waals surface area contributed by atoms with Crippen molar-refractivity contribution in [3.05, 3.63) is 58.6 Å². The summed E-state index contributed by atoms with van der Waals surface area (Å²) in [5.41, 5.74) is 1.55. The zero-order valence-electron chi connectivity index (χ0n) is 9.39. The van der Waals surface area contributed by atoms with E-state index < -0.39 is 6.10 Å². The highest BCUT2D eigenvalue weighted by atomic mass is 79.9. The molecule has 0 aromatic heterocycles. The monoisotopic (exact) mass is 303 g/mol. The van der Waals surface area contributed by atoms with E-state index in [1.54, 1.807) is 0 Å². The largest absolute Gasteiger partial charge is 0.474 e. The summed E-state index contributed by atoms with van der Waals surface area (Å²) < 4.78 is 6.69. The molecule has 1 aliphatic heterocycles. The minimum Gasteiger partial charge on any atom is -0.474 e. The normalized spacial score (nSPS) is 17.6. The summed E-state index contributed by atoms with van der Waals surface area (Å²) >= 11 is 3.39. The molecule has 90 valence electrons. The molecule has 1 unspecified atom stereocenters. The Hall–Kier alpha value is -1.81. The van der Waals surface area contributed by atoms with Gasteiger partial charge in [-0.25, -0.2) is 0 Å². The van der Waals surface area contributed by atoms with Crippen LogP contribution in [0.4, 0.5) is 5.69 Å². The Morgan fingerprint density at radius 3 is 2.67 bits per heavy atom. The topological polar surface area (TPSA) is 38.3 Å².